The van der Waals surface area contributed by atoms with Gasteiger partial charge in [-0.15, -0.1) is 0 Å². The molecule has 0 spiro atoms. The van der Waals surface area contributed by atoms with Crippen molar-refractivity contribution in [2.75, 3.05) is 39.5 Å². The van der Waals surface area contributed by atoms with Crippen LogP contribution in [0.4, 0.5) is 0 Å². The molecule has 0 unspecified atom stereocenters. The van der Waals surface area contributed by atoms with Crippen LogP contribution in [0.1, 0.15) is 24.2 Å². The average Bonchev–Trinajstić information content (AvgIpc) is 2.46. The molecule has 1 N–H and O–H groups in total. The number of pyridine rings is 1. The van der Waals surface area contributed by atoms with Gasteiger partial charge in [0.25, 0.3) is 5.91 Å². The Morgan fingerprint density at radius 1 is 1.25 bits per heavy atom. The van der Waals surface area contributed by atoms with Crippen molar-refractivity contribution in [1.82, 2.24) is 9.88 Å². The molecule has 0 saturated carbocycles. The summed E-state index contributed by atoms with van der Waals surface area (Å²) in [5.74, 6) is -0.361. The van der Waals surface area contributed by atoms with Crippen LogP contribution in [0, 0.1) is 0 Å². The van der Waals surface area contributed by atoms with Crippen molar-refractivity contribution in [3.05, 3.63) is 24.0 Å². The van der Waals surface area contributed by atoms with Crippen molar-refractivity contribution in [2.45, 2.75) is 13.8 Å². The Bertz CT molecular complexity index is 402. The van der Waals surface area contributed by atoms with Crippen LogP contribution in [0.5, 0.6) is 5.75 Å². The molecule has 0 aliphatic heterocycles. The number of carbonyl (C=O) groups excluding carboxylic acids is 1. The van der Waals surface area contributed by atoms with Gasteiger partial charge in [0, 0.05) is 32.5 Å². The molecule has 0 aromatic carbocycles. The standard InChI is InChI=1S/C14H22N2O4/c1-3-19-9-7-16(8-10-20-4-2)14(18)12-5-6-15-11-13(12)17/h5-6,11,17H,3-4,7-10H2,1-2H3. The normalized spacial score (nSPS) is 10.5. The van der Waals surface area contributed by atoms with Crippen LogP contribution in [0.15, 0.2) is 18.5 Å². The number of amides is 1. The van der Waals surface area contributed by atoms with Crippen LogP contribution in [0.25, 0.3) is 0 Å². The fraction of sp³-hybridized carbons (Fsp3) is 0.571. The summed E-state index contributed by atoms with van der Waals surface area (Å²) in [7, 11) is 0. The zero-order valence-electron chi connectivity index (χ0n) is 12.0. The summed E-state index contributed by atoms with van der Waals surface area (Å²) in [6, 6.07) is 1.51. The first-order valence-electron chi connectivity index (χ1n) is 6.78. The van der Waals surface area contributed by atoms with Gasteiger partial charge in [0.05, 0.1) is 25.0 Å². The fourth-order valence-corrected chi connectivity index (χ4v) is 1.69. The van der Waals surface area contributed by atoms with Crippen molar-refractivity contribution in [2.24, 2.45) is 0 Å². The van der Waals surface area contributed by atoms with Gasteiger partial charge in [-0.2, -0.15) is 0 Å². The summed E-state index contributed by atoms with van der Waals surface area (Å²) in [5, 5.41) is 9.70. The molecule has 6 nitrogen and oxygen atoms in total. The number of hydrogen-bond acceptors (Lipinski definition) is 5. The predicted molar refractivity (Wildman–Crippen MR) is 74.8 cm³/mol. The first kappa shape index (κ1) is 16.4. The molecular formula is C14H22N2O4. The van der Waals surface area contributed by atoms with Gasteiger partial charge in [0.2, 0.25) is 0 Å². The van der Waals surface area contributed by atoms with Crippen LogP contribution in [-0.2, 0) is 9.47 Å². The van der Waals surface area contributed by atoms with Gasteiger partial charge in [-0.3, -0.25) is 9.78 Å². The molecule has 6 heteroatoms. The Morgan fingerprint density at radius 2 is 1.85 bits per heavy atom. The monoisotopic (exact) mass is 282 g/mol. The van der Waals surface area contributed by atoms with E-state index in [0.29, 0.717) is 39.5 Å². The first-order chi connectivity index (χ1) is 9.70. The minimum Gasteiger partial charge on any atom is -0.505 e. The van der Waals surface area contributed by atoms with E-state index in [1.165, 1.54) is 18.5 Å². The van der Waals surface area contributed by atoms with Crippen LogP contribution < -0.4 is 0 Å². The highest BCUT2D eigenvalue weighted by Gasteiger charge is 2.18. The Balaban J connectivity index is 2.69. The van der Waals surface area contributed by atoms with Gasteiger partial charge in [-0.05, 0) is 19.9 Å². The van der Waals surface area contributed by atoms with Crippen LogP contribution in [0.2, 0.25) is 0 Å². The highest BCUT2D eigenvalue weighted by molar-refractivity contribution is 5.96. The van der Waals surface area contributed by atoms with Gasteiger partial charge in [-0.1, -0.05) is 0 Å². The maximum Gasteiger partial charge on any atom is 0.257 e. The smallest absolute Gasteiger partial charge is 0.257 e. The van der Waals surface area contributed by atoms with Crippen LogP contribution >= 0.6 is 0 Å². The molecule has 0 bridgehead atoms. The lowest BCUT2D eigenvalue weighted by Crippen LogP contribution is -2.36. The van der Waals surface area contributed by atoms with Gasteiger partial charge < -0.3 is 19.5 Å². The third-order valence-electron chi connectivity index (χ3n) is 2.74. The van der Waals surface area contributed by atoms with Crippen molar-refractivity contribution in [1.29, 1.82) is 0 Å². The molecule has 0 radical (unpaired) electrons. The predicted octanol–water partition coefficient (Wildman–Crippen LogP) is 1.30. The molecule has 0 atom stereocenters. The summed E-state index contributed by atoms with van der Waals surface area (Å²) in [5.41, 5.74) is 0.244. The van der Waals surface area contributed by atoms with E-state index in [0.717, 1.165) is 0 Å². The highest BCUT2D eigenvalue weighted by atomic mass is 16.5. The molecule has 0 fully saturated rings. The number of hydrogen-bond donors (Lipinski definition) is 1. The maximum absolute atomic E-state index is 12.4. The lowest BCUT2D eigenvalue weighted by molar-refractivity contribution is 0.0547. The number of rotatable bonds is 9. The van der Waals surface area contributed by atoms with E-state index in [-0.39, 0.29) is 17.2 Å². The Kier molecular flexibility index (Phi) is 7.60. The third-order valence-corrected chi connectivity index (χ3v) is 2.74. The molecule has 0 saturated heterocycles. The topological polar surface area (TPSA) is 71.9 Å². The summed E-state index contributed by atoms with van der Waals surface area (Å²) in [6.07, 6.45) is 2.74. The number of aromatic nitrogens is 1. The molecule has 1 rings (SSSR count). The van der Waals surface area contributed by atoms with E-state index in [2.05, 4.69) is 4.98 Å². The SMILES string of the molecule is CCOCCN(CCOCC)C(=O)c1ccncc1O. The average molecular weight is 282 g/mol. The minimum atomic E-state index is -0.246. The number of carbonyl (C=O) groups is 1. The third kappa shape index (κ3) is 5.14. The molecular weight excluding hydrogens is 260 g/mol. The van der Waals surface area contributed by atoms with Crippen molar-refractivity contribution in [3.8, 4) is 5.75 Å². The Morgan fingerprint density at radius 3 is 2.35 bits per heavy atom. The summed E-state index contributed by atoms with van der Waals surface area (Å²) >= 11 is 0. The van der Waals surface area contributed by atoms with Gasteiger partial charge in [0.1, 0.15) is 5.75 Å². The Labute approximate surface area is 119 Å². The zero-order chi connectivity index (χ0) is 14.8. The Hall–Kier alpha value is -1.66. The zero-order valence-corrected chi connectivity index (χ0v) is 12.0. The molecule has 1 amide bonds. The van der Waals surface area contributed by atoms with Crippen molar-refractivity contribution >= 4 is 5.91 Å². The maximum atomic E-state index is 12.4. The van der Waals surface area contributed by atoms with E-state index in [9.17, 15) is 9.90 Å². The first-order valence-corrected chi connectivity index (χ1v) is 6.78. The molecule has 1 aromatic rings. The lowest BCUT2D eigenvalue weighted by atomic mass is 10.2. The highest BCUT2D eigenvalue weighted by Crippen LogP contribution is 2.16. The summed E-state index contributed by atoms with van der Waals surface area (Å²) in [4.78, 5) is 17.8. The number of nitrogens with zero attached hydrogens (tertiary/aromatic N) is 2. The van der Waals surface area contributed by atoms with E-state index in [1.54, 1.807) is 4.90 Å². The molecule has 1 heterocycles. The second kappa shape index (κ2) is 9.28. The van der Waals surface area contributed by atoms with Gasteiger partial charge in [0.15, 0.2) is 0 Å². The largest absolute Gasteiger partial charge is 0.505 e. The van der Waals surface area contributed by atoms with Crippen LogP contribution in [0.3, 0.4) is 0 Å². The molecule has 20 heavy (non-hydrogen) atoms. The lowest BCUT2D eigenvalue weighted by Gasteiger charge is -2.22. The number of ether oxygens (including phenoxy) is 2. The molecule has 112 valence electrons. The number of aromatic hydroxyl groups is 1. The van der Waals surface area contributed by atoms with Crippen molar-refractivity contribution < 1.29 is 19.4 Å². The van der Waals surface area contributed by atoms with Gasteiger partial charge in [-0.25, -0.2) is 0 Å². The fourth-order valence-electron chi connectivity index (χ4n) is 1.69. The van der Waals surface area contributed by atoms with E-state index in [4.69, 9.17) is 9.47 Å². The second-order valence-electron chi connectivity index (χ2n) is 4.08. The molecule has 0 aliphatic carbocycles. The van der Waals surface area contributed by atoms with Gasteiger partial charge >= 0.3 is 0 Å². The van der Waals surface area contributed by atoms with E-state index < -0.39 is 0 Å². The summed E-state index contributed by atoms with van der Waals surface area (Å²) in [6.45, 7) is 6.85. The summed E-state index contributed by atoms with van der Waals surface area (Å²) < 4.78 is 10.6. The van der Waals surface area contributed by atoms with Crippen molar-refractivity contribution in [3.63, 3.8) is 0 Å². The van der Waals surface area contributed by atoms with E-state index in [1.807, 2.05) is 13.8 Å². The molecule has 1 aromatic heterocycles. The minimum absolute atomic E-state index is 0.115. The second-order valence-corrected chi connectivity index (χ2v) is 4.08. The van der Waals surface area contributed by atoms with Crippen LogP contribution in [-0.4, -0.2) is 60.4 Å². The van der Waals surface area contributed by atoms with E-state index >= 15 is 0 Å². The molecule has 0 aliphatic rings. The quantitative estimate of drug-likeness (QED) is 0.691.